The van der Waals surface area contributed by atoms with E-state index in [2.05, 4.69) is 20.2 Å². The molecule has 15 heteroatoms. The highest BCUT2D eigenvalue weighted by atomic mass is 32.2. The Labute approximate surface area is 227 Å². The molecular formula is C24H29F4N7O2S2. The minimum Gasteiger partial charge on any atom is -0.365 e. The first-order chi connectivity index (χ1) is 18.5. The summed E-state index contributed by atoms with van der Waals surface area (Å²) in [4.78, 5) is 6.78. The number of sulfonamides is 1. The van der Waals surface area contributed by atoms with Gasteiger partial charge in [0.05, 0.1) is 16.9 Å². The molecule has 3 aromatic heterocycles. The van der Waals surface area contributed by atoms with E-state index in [0.29, 0.717) is 35.8 Å². The van der Waals surface area contributed by atoms with Gasteiger partial charge in [-0.3, -0.25) is 4.40 Å². The number of pyridine rings is 1. The van der Waals surface area contributed by atoms with Crippen molar-refractivity contribution in [2.75, 3.05) is 18.0 Å². The molecule has 0 bridgehead atoms. The van der Waals surface area contributed by atoms with E-state index in [0.717, 1.165) is 30.6 Å². The molecule has 212 valence electrons. The number of nitrogens with one attached hydrogen (secondary N) is 2. The predicted molar refractivity (Wildman–Crippen MR) is 138 cm³/mol. The van der Waals surface area contributed by atoms with Gasteiger partial charge in [-0.1, -0.05) is 17.8 Å². The minimum absolute atomic E-state index is 0.0508. The smallest absolute Gasteiger partial charge is 0.291 e. The molecule has 0 amide bonds. The van der Waals surface area contributed by atoms with Crippen LogP contribution >= 0.6 is 11.3 Å². The van der Waals surface area contributed by atoms with Crippen LogP contribution in [0.25, 0.3) is 16.3 Å². The maximum Gasteiger partial charge on any atom is 0.291 e. The van der Waals surface area contributed by atoms with Crippen molar-refractivity contribution in [1.82, 2.24) is 29.6 Å². The van der Waals surface area contributed by atoms with Crippen LogP contribution in [0.15, 0.2) is 17.2 Å². The van der Waals surface area contributed by atoms with E-state index in [-0.39, 0.29) is 40.7 Å². The van der Waals surface area contributed by atoms with Gasteiger partial charge in [-0.25, -0.2) is 31.0 Å². The lowest BCUT2D eigenvalue weighted by atomic mass is 9.82. The van der Waals surface area contributed by atoms with Crippen molar-refractivity contribution >= 4 is 32.7 Å². The van der Waals surface area contributed by atoms with Crippen LogP contribution in [0.1, 0.15) is 69.0 Å². The van der Waals surface area contributed by atoms with Gasteiger partial charge in [0.2, 0.25) is 10.0 Å². The third-order valence-electron chi connectivity index (χ3n) is 7.78. The van der Waals surface area contributed by atoms with Crippen LogP contribution in [0.2, 0.25) is 0 Å². The number of rotatable bonds is 8. The summed E-state index contributed by atoms with van der Waals surface area (Å²) < 4.78 is 85.1. The summed E-state index contributed by atoms with van der Waals surface area (Å²) in [5.74, 6) is 0.0688. The van der Waals surface area contributed by atoms with E-state index in [4.69, 9.17) is 4.98 Å². The van der Waals surface area contributed by atoms with Crippen LogP contribution < -0.4 is 14.9 Å². The Bertz CT molecular complexity index is 1490. The first-order valence-electron chi connectivity index (χ1n) is 13.0. The number of anilines is 1. The SMILES string of the molecule is C[C@H]1CN(c2cc(S(=O)(=O)NC3(C(F)F)CC3)cn3c(-c4nnc(C(F)F)s4)c(C4CCC4)nc23)C[C@H](C)N1. The van der Waals surface area contributed by atoms with Crippen LogP contribution in [0.3, 0.4) is 0 Å². The minimum atomic E-state index is -4.36. The molecule has 0 unspecified atom stereocenters. The van der Waals surface area contributed by atoms with Crippen molar-refractivity contribution in [2.24, 2.45) is 0 Å². The van der Waals surface area contributed by atoms with Crippen LogP contribution in [0.5, 0.6) is 0 Å². The summed E-state index contributed by atoms with van der Waals surface area (Å²) in [7, 11) is -4.36. The second-order valence-electron chi connectivity index (χ2n) is 10.9. The Morgan fingerprint density at radius 3 is 2.36 bits per heavy atom. The zero-order valence-corrected chi connectivity index (χ0v) is 23.0. The average Bonchev–Trinajstić information content (AvgIpc) is 3.27. The topological polar surface area (TPSA) is 105 Å². The molecule has 4 heterocycles. The third-order valence-corrected chi connectivity index (χ3v) is 10.2. The van der Waals surface area contributed by atoms with E-state index in [1.807, 2.05) is 18.7 Å². The summed E-state index contributed by atoms with van der Waals surface area (Å²) in [5, 5.41) is 10.9. The first-order valence-corrected chi connectivity index (χ1v) is 15.3. The summed E-state index contributed by atoms with van der Waals surface area (Å²) in [6, 6.07) is 1.67. The molecule has 3 fully saturated rings. The highest BCUT2D eigenvalue weighted by Gasteiger charge is 2.54. The zero-order valence-electron chi connectivity index (χ0n) is 21.4. The molecule has 2 saturated carbocycles. The molecule has 1 saturated heterocycles. The standard InChI is InChI=1S/C24H29F4N7O2S2/c1-12-9-34(10-13(2)29-12)16-8-15(39(36,37)33-24(6-7-24)23(27)28)11-35-18(21-31-32-22(38-21)19(25)26)17(30-20(16)35)14-4-3-5-14/h8,11-14,19,23,29,33H,3-7,9-10H2,1-2H3/t12-,13-/m0/s1. The number of imidazole rings is 1. The van der Waals surface area contributed by atoms with E-state index in [1.165, 1.54) is 12.3 Å². The van der Waals surface area contributed by atoms with Gasteiger partial charge in [0.25, 0.3) is 12.9 Å². The molecule has 0 spiro atoms. The number of aromatic nitrogens is 4. The molecule has 3 aliphatic rings. The van der Waals surface area contributed by atoms with Gasteiger partial charge in [0.1, 0.15) is 10.6 Å². The Morgan fingerprint density at radius 2 is 1.82 bits per heavy atom. The van der Waals surface area contributed by atoms with E-state index >= 15 is 0 Å². The van der Waals surface area contributed by atoms with Crippen molar-refractivity contribution in [1.29, 1.82) is 0 Å². The van der Waals surface area contributed by atoms with Crippen LogP contribution in [0.4, 0.5) is 23.2 Å². The number of piperazine rings is 1. The Hall–Kier alpha value is -2.36. The Balaban J connectivity index is 1.57. The molecule has 0 aromatic carbocycles. The molecule has 2 aliphatic carbocycles. The Morgan fingerprint density at radius 1 is 1.13 bits per heavy atom. The van der Waals surface area contributed by atoms with Crippen LogP contribution in [0, 0.1) is 0 Å². The van der Waals surface area contributed by atoms with Gasteiger partial charge in [-0.15, -0.1) is 10.2 Å². The first kappa shape index (κ1) is 26.8. The lowest BCUT2D eigenvalue weighted by Gasteiger charge is -2.37. The molecule has 2 N–H and O–H groups in total. The third kappa shape index (κ3) is 4.80. The molecule has 0 radical (unpaired) electrons. The van der Waals surface area contributed by atoms with Gasteiger partial charge < -0.3 is 10.2 Å². The van der Waals surface area contributed by atoms with E-state index in [9.17, 15) is 26.0 Å². The van der Waals surface area contributed by atoms with Gasteiger partial charge >= 0.3 is 0 Å². The fraction of sp³-hybridized carbons (Fsp3) is 0.625. The normalized spacial score (nSPS) is 23.6. The Kier molecular flexibility index (Phi) is 6.63. The molecule has 3 aromatic rings. The number of alkyl halides is 4. The summed E-state index contributed by atoms with van der Waals surface area (Å²) in [6.45, 7) is 5.16. The van der Waals surface area contributed by atoms with Crippen molar-refractivity contribution < 1.29 is 26.0 Å². The number of halogens is 4. The maximum atomic E-state index is 13.7. The van der Waals surface area contributed by atoms with Gasteiger partial charge in [-0.2, -0.15) is 4.72 Å². The summed E-state index contributed by atoms with van der Waals surface area (Å²) >= 11 is 0.738. The summed E-state index contributed by atoms with van der Waals surface area (Å²) in [5.41, 5.74) is 0.307. The maximum absolute atomic E-state index is 13.7. The van der Waals surface area contributed by atoms with Gasteiger partial charge in [0.15, 0.2) is 15.7 Å². The molecular weight excluding hydrogens is 558 g/mol. The van der Waals surface area contributed by atoms with Crippen molar-refractivity contribution in [3.05, 3.63) is 23.0 Å². The second-order valence-corrected chi connectivity index (χ2v) is 13.6. The number of hydrogen-bond acceptors (Lipinski definition) is 8. The number of nitrogens with zero attached hydrogens (tertiary/aromatic N) is 5. The molecule has 6 rings (SSSR count). The highest BCUT2D eigenvalue weighted by Crippen LogP contribution is 2.45. The zero-order chi connectivity index (χ0) is 27.7. The number of fused-ring (bicyclic) bond motifs is 1. The van der Waals surface area contributed by atoms with Crippen LogP contribution in [-0.4, -0.2) is 65.1 Å². The van der Waals surface area contributed by atoms with Crippen LogP contribution in [-0.2, 0) is 10.0 Å². The molecule has 39 heavy (non-hydrogen) atoms. The molecule has 1 aliphatic heterocycles. The van der Waals surface area contributed by atoms with Crippen molar-refractivity contribution in [3.8, 4) is 10.7 Å². The van der Waals surface area contributed by atoms with Crippen molar-refractivity contribution in [2.45, 2.75) is 87.2 Å². The van der Waals surface area contributed by atoms with Gasteiger partial charge in [-0.05, 0) is 45.6 Å². The predicted octanol–water partition coefficient (Wildman–Crippen LogP) is 4.32. The average molecular weight is 588 g/mol. The van der Waals surface area contributed by atoms with Crippen molar-refractivity contribution in [3.63, 3.8) is 0 Å². The summed E-state index contributed by atoms with van der Waals surface area (Å²) in [6.07, 6.45) is -1.48. The van der Waals surface area contributed by atoms with E-state index in [1.54, 1.807) is 4.40 Å². The lowest BCUT2D eigenvalue weighted by Crippen LogP contribution is -2.54. The second kappa shape index (κ2) is 9.63. The van der Waals surface area contributed by atoms with Gasteiger partial charge in [0, 0.05) is 37.3 Å². The largest absolute Gasteiger partial charge is 0.365 e. The quantitative estimate of drug-likeness (QED) is 0.379. The highest BCUT2D eigenvalue weighted by molar-refractivity contribution is 7.89. The molecule has 2 atom stereocenters. The molecule has 9 nitrogen and oxygen atoms in total. The fourth-order valence-corrected chi connectivity index (χ4v) is 7.65. The fourth-order valence-electron chi connectivity index (χ4n) is 5.45. The number of hydrogen-bond donors (Lipinski definition) is 2. The lowest BCUT2D eigenvalue weighted by molar-refractivity contribution is 0.0970. The monoisotopic (exact) mass is 587 g/mol. The van der Waals surface area contributed by atoms with E-state index < -0.39 is 33.4 Å².